The molecule has 0 aromatic heterocycles. The molecule has 2 amide bonds. The van der Waals surface area contributed by atoms with Gasteiger partial charge in [-0.25, -0.2) is 9.18 Å². The van der Waals surface area contributed by atoms with Gasteiger partial charge in [-0.1, -0.05) is 12.1 Å². The molecule has 16 heavy (non-hydrogen) atoms. The number of hydrogen-bond donors (Lipinski definition) is 2. The number of hydrogen-bond acceptors (Lipinski definition) is 2. The molecule has 0 radical (unpaired) electrons. The molecule has 88 valence electrons. The van der Waals surface area contributed by atoms with Crippen molar-refractivity contribution in [1.82, 2.24) is 4.90 Å². The van der Waals surface area contributed by atoms with Gasteiger partial charge in [0.05, 0.1) is 0 Å². The maximum atomic E-state index is 12.7. The van der Waals surface area contributed by atoms with E-state index >= 15 is 0 Å². The average Bonchev–Trinajstić information content (AvgIpc) is 2.19. The predicted octanol–water partition coefficient (Wildman–Crippen LogP) is 1.05. The zero-order valence-electron chi connectivity index (χ0n) is 9.19. The standard InChI is InChI=1S/C11H16FN3O/c1-8(13)6-15(11(14)16)7-9-2-4-10(12)5-3-9/h2-5,8H,6-7,13H2,1H3,(H2,14,16). The molecule has 0 fully saturated rings. The first-order valence-corrected chi connectivity index (χ1v) is 5.03. The Morgan fingerprint density at radius 3 is 2.44 bits per heavy atom. The Labute approximate surface area is 94.0 Å². The fourth-order valence-electron chi connectivity index (χ4n) is 1.39. The number of nitrogens with zero attached hydrogens (tertiary/aromatic N) is 1. The third-order valence-corrected chi connectivity index (χ3v) is 2.11. The summed E-state index contributed by atoms with van der Waals surface area (Å²) in [4.78, 5) is 12.6. The van der Waals surface area contributed by atoms with E-state index in [1.54, 1.807) is 19.1 Å². The predicted molar refractivity (Wildman–Crippen MR) is 60.0 cm³/mol. The van der Waals surface area contributed by atoms with Crippen molar-refractivity contribution in [2.45, 2.75) is 19.5 Å². The summed E-state index contributed by atoms with van der Waals surface area (Å²) >= 11 is 0. The van der Waals surface area contributed by atoms with E-state index in [4.69, 9.17) is 11.5 Å². The molecule has 1 rings (SSSR count). The second-order valence-electron chi connectivity index (χ2n) is 3.82. The van der Waals surface area contributed by atoms with Gasteiger partial charge >= 0.3 is 6.03 Å². The van der Waals surface area contributed by atoms with Crippen molar-refractivity contribution in [3.05, 3.63) is 35.6 Å². The zero-order chi connectivity index (χ0) is 12.1. The van der Waals surface area contributed by atoms with E-state index in [9.17, 15) is 9.18 Å². The first-order chi connectivity index (χ1) is 7.49. The van der Waals surface area contributed by atoms with E-state index in [0.717, 1.165) is 5.56 Å². The highest BCUT2D eigenvalue weighted by Gasteiger charge is 2.11. The molecule has 0 heterocycles. The third-order valence-electron chi connectivity index (χ3n) is 2.11. The van der Waals surface area contributed by atoms with Crippen LogP contribution in [-0.2, 0) is 6.54 Å². The highest BCUT2D eigenvalue weighted by Crippen LogP contribution is 2.06. The first-order valence-electron chi connectivity index (χ1n) is 5.03. The Morgan fingerprint density at radius 1 is 1.44 bits per heavy atom. The Kier molecular flexibility index (Phi) is 4.25. The smallest absolute Gasteiger partial charge is 0.315 e. The van der Waals surface area contributed by atoms with E-state index in [1.807, 2.05) is 0 Å². The van der Waals surface area contributed by atoms with Crippen molar-refractivity contribution < 1.29 is 9.18 Å². The van der Waals surface area contributed by atoms with Crippen molar-refractivity contribution in [3.63, 3.8) is 0 Å². The Balaban J connectivity index is 2.68. The van der Waals surface area contributed by atoms with Crippen LogP contribution in [0.15, 0.2) is 24.3 Å². The molecule has 0 saturated heterocycles. The number of amides is 2. The van der Waals surface area contributed by atoms with Crippen molar-refractivity contribution in [3.8, 4) is 0 Å². The van der Waals surface area contributed by atoms with Gasteiger partial charge in [-0.15, -0.1) is 0 Å². The summed E-state index contributed by atoms with van der Waals surface area (Å²) in [6.07, 6.45) is 0. The quantitative estimate of drug-likeness (QED) is 0.804. The van der Waals surface area contributed by atoms with Crippen LogP contribution in [0.4, 0.5) is 9.18 Å². The van der Waals surface area contributed by atoms with Crippen LogP contribution >= 0.6 is 0 Å². The van der Waals surface area contributed by atoms with E-state index in [1.165, 1.54) is 17.0 Å². The van der Waals surface area contributed by atoms with Gasteiger partial charge in [0, 0.05) is 19.1 Å². The molecule has 0 spiro atoms. The molecular formula is C11H16FN3O. The Morgan fingerprint density at radius 2 is 2.00 bits per heavy atom. The van der Waals surface area contributed by atoms with Gasteiger partial charge in [0.25, 0.3) is 0 Å². The van der Waals surface area contributed by atoms with Gasteiger partial charge < -0.3 is 16.4 Å². The summed E-state index contributed by atoms with van der Waals surface area (Å²) < 4.78 is 12.7. The summed E-state index contributed by atoms with van der Waals surface area (Å²) in [7, 11) is 0. The number of urea groups is 1. The van der Waals surface area contributed by atoms with Gasteiger partial charge in [-0.3, -0.25) is 0 Å². The number of rotatable bonds is 4. The highest BCUT2D eigenvalue weighted by atomic mass is 19.1. The SMILES string of the molecule is CC(N)CN(Cc1ccc(F)cc1)C(N)=O. The van der Waals surface area contributed by atoms with Crippen LogP contribution in [0.5, 0.6) is 0 Å². The van der Waals surface area contributed by atoms with Crippen molar-refractivity contribution in [2.24, 2.45) is 11.5 Å². The molecule has 0 saturated carbocycles. The zero-order valence-corrected chi connectivity index (χ0v) is 9.19. The molecule has 5 heteroatoms. The molecule has 0 aliphatic carbocycles. The minimum atomic E-state index is -0.526. The number of primary amides is 1. The molecular weight excluding hydrogens is 209 g/mol. The largest absolute Gasteiger partial charge is 0.351 e. The molecule has 1 aromatic carbocycles. The summed E-state index contributed by atoms with van der Waals surface area (Å²) in [6, 6.07) is 5.26. The number of nitrogens with two attached hydrogens (primary N) is 2. The number of benzene rings is 1. The fraction of sp³-hybridized carbons (Fsp3) is 0.364. The molecule has 4 N–H and O–H groups in total. The van der Waals surface area contributed by atoms with Crippen LogP contribution in [0.3, 0.4) is 0 Å². The molecule has 4 nitrogen and oxygen atoms in total. The maximum absolute atomic E-state index is 12.7. The van der Waals surface area contributed by atoms with Crippen LogP contribution in [0, 0.1) is 5.82 Å². The van der Waals surface area contributed by atoms with E-state index in [2.05, 4.69) is 0 Å². The minimum Gasteiger partial charge on any atom is -0.351 e. The summed E-state index contributed by atoms with van der Waals surface area (Å²) in [5.74, 6) is -0.304. The Bertz CT molecular complexity index is 351. The number of carbonyl (C=O) groups is 1. The summed E-state index contributed by atoms with van der Waals surface area (Å²) in [5.41, 5.74) is 11.6. The normalized spacial score (nSPS) is 12.2. The summed E-state index contributed by atoms with van der Waals surface area (Å²) in [5, 5.41) is 0. The van der Waals surface area contributed by atoms with E-state index in [-0.39, 0.29) is 11.9 Å². The van der Waals surface area contributed by atoms with E-state index in [0.29, 0.717) is 13.1 Å². The molecule has 1 atom stereocenters. The second kappa shape index (κ2) is 5.46. The first kappa shape index (κ1) is 12.4. The lowest BCUT2D eigenvalue weighted by Crippen LogP contribution is -2.42. The molecule has 1 unspecified atom stereocenters. The van der Waals surface area contributed by atoms with E-state index < -0.39 is 6.03 Å². The van der Waals surface area contributed by atoms with Crippen LogP contribution in [-0.4, -0.2) is 23.5 Å². The molecule has 1 aromatic rings. The molecule has 0 bridgehead atoms. The molecule has 0 aliphatic rings. The lowest BCUT2D eigenvalue weighted by Gasteiger charge is -2.22. The average molecular weight is 225 g/mol. The van der Waals surface area contributed by atoms with Gasteiger partial charge in [-0.05, 0) is 24.6 Å². The van der Waals surface area contributed by atoms with Gasteiger partial charge in [-0.2, -0.15) is 0 Å². The lowest BCUT2D eigenvalue weighted by molar-refractivity contribution is 0.202. The van der Waals surface area contributed by atoms with Crippen molar-refractivity contribution in [1.29, 1.82) is 0 Å². The van der Waals surface area contributed by atoms with Gasteiger partial charge in [0.1, 0.15) is 5.82 Å². The van der Waals surface area contributed by atoms with Gasteiger partial charge in [0.15, 0.2) is 0 Å². The van der Waals surface area contributed by atoms with Gasteiger partial charge in [0.2, 0.25) is 0 Å². The monoisotopic (exact) mass is 225 g/mol. The fourth-order valence-corrected chi connectivity index (χ4v) is 1.39. The van der Waals surface area contributed by atoms with Crippen molar-refractivity contribution in [2.75, 3.05) is 6.54 Å². The number of carbonyl (C=O) groups excluding carboxylic acids is 1. The van der Waals surface area contributed by atoms with Crippen LogP contribution in [0.25, 0.3) is 0 Å². The molecule has 0 aliphatic heterocycles. The lowest BCUT2D eigenvalue weighted by atomic mass is 10.2. The van der Waals surface area contributed by atoms with Crippen LogP contribution < -0.4 is 11.5 Å². The minimum absolute atomic E-state index is 0.145. The highest BCUT2D eigenvalue weighted by molar-refractivity contribution is 5.72. The maximum Gasteiger partial charge on any atom is 0.315 e. The third kappa shape index (κ3) is 3.86. The Hall–Kier alpha value is -1.62. The number of halogens is 1. The topological polar surface area (TPSA) is 72.3 Å². The van der Waals surface area contributed by atoms with Crippen LogP contribution in [0.1, 0.15) is 12.5 Å². The summed E-state index contributed by atoms with van der Waals surface area (Å²) in [6.45, 7) is 2.52. The van der Waals surface area contributed by atoms with Crippen molar-refractivity contribution >= 4 is 6.03 Å². The second-order valence-corrected chi connectivity index (χ2v) is 3.82. The van der Waals surface area contributed by atoms with Crippen LogP contribution in [0.2, 0.25) is 0 Å².